The molecular weight excluding hydrogens is 455 g/mol. The van der Waals surface area contributed by atoms with Crippen LogP contribution >= 0.6 is 24.0 Å². The molecule has 0 spiro atoms. The van der Waals surface area contributed by atoms with Gasteiger partial charge < -0.3 is 25.0 Å². The van der Waals surface area contributed by atoms with Crippen LogP contribution in [0.1, 0.15) is 33.1 Å². The monoisotopic (exact) mass is 490 g/mol. The Morgan fingerprint density at radius 3 is 2.59 bits per heavy atom. The number of nitrogens with one attached hydrogen (secondary N) is 2. The van der Waals surface area contributed by atoms with Crippen LogP contribution in [0.2, 0.25) is 0 Å². The van der Waals surface area contributed by atoms with Crippen LogP contribution in [0.3, 0.4) is 0 Å². The van der Waals surface area contributed by atoms with Gasteiger partial charge >= 0.3 is 0 Å². The fraction of sp³-hybridized carbons (Fsp3) is 0.650. The summed E-state index contributed by atoms with van der Waals surface area (Å²) in [5.41, 5.74) is 0.922. The number of methoxy groups -OCH3 is 1. The van der Waals surface area contributed by atoms with Gasteiger partial charge in [-0.25, -0.2) is 0 Å². The number of piperidine rings is 1. The molecule has 0 saturated carbocycles. The van der Waals surface area contributed by atoms with Crippen LogP contribution in [-0.4, -0.2) is 57.8 Å². The molecule has 1 fully saturated rings. The highest BCUT2D eigenvalue weighted by Gasteiger charge is 2.14. The number of halogens is 1. The molecule has 154 valence electrons. The Kier molecular flexibility index (Phi) is 11.5. The molecule has 1 atom stereocenters. The lowest BCUT2D eigenvalue weighted by molar-refractivity contribution is 0.201. The van der Waals surface area contributed by atoms with Gasteiger partial charge in [-0.3, -0.25) is 4.99 Å². The summed E-state index contributed by atoms with van der Waals surface area (Å²) in [5.74, 6) is 2.80. The molecule has 0 radical (unpaired) electrons. The van der Waals surface area contributed by atoms with Crippen LogP contribution in [0.25, 0.3) is 0 Å². The lowest BCUT2D eigenvalue weighted by Gasteiger charge is -2.29. The topological polar surface area (TPSA) is 58.1 Å². The Hall–Kier alpha value is -1.22. The Labute approximate surface area is 181 Å². The van der Waals surface area contributed by atoms with Crippen LogP contribution in [0.5, 0.6) is 11.5 Å². The van der Waals surface area contributed by atoms with Crippen molar-refractivity contribution in [2.24, 2.45) is 10.9 Å². The van der Waals surface area contributed by atoms with Crippen LogP contribution in [0.4, 0.5) is 5.69 Å². The molecule has 0 amide bonds. The number of rotatable bonds is 8. The molecule has 2 rings (SSSR count). The summed E-state index contributed by atoms with van der Waals surface area (Å²) in [6.45, 7) is 9.36. The number of hydrogen-bond donors (Lipinski definition) is 2. The molecule has 0 aromatic heterocycles. The van der Waals surface area contributed by atoms with Crippen molar-refractivity contribution in [1.29, 1.82) is 0 Å². The summed E-state index contributed by atoms with van der Waals surface area (Å²) in [6.07, 6.45) is 4.05. The van der Waals surface area contributed by atoms with E-state index in [0.717, 1.165) is 36.2 Å². The molecule has 27 heavy (non-hydrogen) atoms. The molecule has 1 aliphatic heterocycles. The average Bonchev–Trinajstić information content (AvgIpc) is 2.66. The maximum Gasteiger partial charge on any atom is 0.195 e. The molecule has 0 bridgehead atoms. The third kappa shape index (κ3) is 8.13. The number of anilines is 1. The Balaban J connectivity index is 0.00000364. The predicted octanol–water partition coefficient (Wildman–Crippen LogP) is 3.82. The minimum atomic E-state index is 0. The Bertz CT molecular complexity index is 577. The quantitative estimate of drug-likeness (QED) is 0.330. The molecule has 1 heterocycles. The lowest BCUT2D eigenvalue weighted by atomic mass is 10.1. The summed E-state index contributed by atoms with van der Waals surface area (Å²) < 4.78 is 11.0. The number of guanidine groups is 1. The van der Waals surface area contributed by atoms with Gasteiger partial charge in [0, 0.05) is 31.9 Å². The van der Waals surface area contributed by atoms with E-state index in [9.17, 15) is 0 Å². The van der Waals surface area contributed by atoms with Crippen molar-refractivity contribution in [2.45, 2.75) is 33.1 Å². The van der Waals surface area contributed by atoms with E-state index in [0.29, 0.717) is 12.5 Å². The zero-order valence-electron chi connectivity index (χ0n) is 17.1. The van der Waals surface area contributed by atoms with E-state index in [1.165, 1.54) is 32.4 Å². The van der Waals surface area contributed by atoms with Crippen molar-refractivity contribution in [2.75, 3.05) is 52.3 Å². The van der Waals surface area contributed by atoms with Crippen molar-refractivity contribution < 1.29 is 9.47 Å². The molecule has 7 heteroatoms. The van der Waals surface area contributed by atoms with Crippen LogP contribution in [0.15, 0.2) is 23.2 Å². The highest BCUT2D eigenvalue weighted by molar-refractivity contribution is 14.0. The summed E-state index contributed by atoms with van der Waals surface area (Å²) in [4.78, 5) is 6.90. The molecule has 1 aromatic carbocycles. The van der Waals surface area contributed by atoms with Gasteiger partial charge in [-0.05, 0) is 50.9 Å². The van der Waals surface area contributed by atoms with Gasteiger partial charge in [-0.15, -0.1) is 24.0 Å². The second-order valence-electron chi connectivity index (χ2n) is 6.84. The molecule has 1 saturated heterocycles. The maximum atomic E-state index is 5.64. The fourth-order valence-corrected chi connectivity index (χ4v) is 3.26. The summed E-state index contributed by atoms with van der Waals surface area (Å²) >= 11 is 0. The van der Waals surface area contributed by atoms with Gasteiger partial charge in [0.2, 0.25) is 0 Å². The second-order valence-corrected chi connectivity index (χ2v) is 6.84. The normalized spacial score (nSPS) is 16.2. The first-order chi connectivity index (χ1) is 12.7. The molecule has 1 aromatic rings. The van der Waals surface area contributed by atoms with Crippen LogP contribution < -0.4 is 20.1 Å². The highest BCUT2D eigenvalue weighted by Crippen LogP contribution is 2.30. The highest BCUT2D eigenvalue weighted by atomic mass is 127. The predicted molar refractivity (Wildman–Crippen MR) is 124 cm³/mol. The zero-order chi connectivity index (χ0) is 18.8. The van der Waals surface area contributed by atoms with E-state index in [1.54, 1.807) is 14.2 Å². The summed E-state index contributed by atoms with van der Waals surface area (Å²) in [5, 5.41) is 6.75. The number of nitrogens with zero attached hydrogens (tertiary/aromatic N) is 2. The molecule has 0 aliphatic carbocycles. The Morgan fingerprint density at radius 2 is 1.96 bits per heavy atom. The lowest BCUT2D eigenvalue weighted by Crippen LogP contribution is -2.39. The van der Waals surface area contributed by atoms with Crippen molar-refractivity contribution in [3.8, 4) is 11.5 Å². The number of aliphatic imine (C=N–C) groups is 1. The smallest absolute Gasteiger partial charge is 0.195 e. The standard InChI is InChI=1S/C20H34N4O2.HI/c1-5-26-19-13-17(9-10-18(19)25-4)23-20(21-3)22-14-16(2)15-24-11-7-6-8-12-24;/h9-10,13,16H,5-8,11-12,14-15H2,1-4H3,(H2,21,22,23);1H. The minimum Gasteiger partial charge on any atom is -0.493 e. The van der Waals surface area contributed by atoms with E-state index in [1.807, 2.05) is 25.1 Å². The first-order valence-electron chi connectivity index (χ1n) is 9.67. The van der Waals surface area contributed by atoms with Gasteiger partial charge in [0.15, 0.2) is 17.5 Å². The van der Waals surface area contributed by atoms with Crippen molar-refractivity contribution in [1.82, 2.24) is 10.2 Å². The van der Waals surface area contributed by atoms with E-state index in [4.69, 9.17) is 9.47 Å². The third-order valence-corrected chi connectivity index (χ3v) is 4.59. The second kappa shape index (κ2) is 13.0. The van der Waals surface area contributed by atoms with Gasteiger partial charge in [0.25, 0.3) is 0 Å². The van der Waals surface area contributed by atoms with Gasteiger partial charge in [-0.2, -0.15) is 0 Å². The number of benzene rings is 1. The molecular formula is C20H35IN4O2. The van der Waals surface area contributed by atoms with Crippen LogP contribution in [-0.2, 0) is 0 Å². The van der Waals surface area contributed by atoms with Gasteiger partial charge in [0.1, 0.15) is 0 Å². The first kappa shape index (κ1) is 23.8. The molecule has 2 N–H and O–H groups in total. The average molecular weight is 490 g/mol. The van der Waals surface area contributed by atoms with Crippen molar-refractivity contribution in [3.63, 3.8) is 0 Å². The van der Waals surface area contributed by atoms with E-state index in [-0.39, 0.29) is 24.0 Å². The van der Waals surface area contributed by atoms with Gasteiger partial charge in [0.05, 0.1) is 13.7 Å². The maximum absolute atomic E-state index is 5.64. The van der Waals surface area contributed by atoms with Gasteiger partial charge in [-0.1, -0.05) is 13.3 Å². The molecule has 1 unspecified atom stereocenters. The third-order valence-electron chi connectivity index (χ3n) is 4.59. The number of hydrogen-bond acceptors (Lipinski definition) is 4. The summed E-state index contributed by atoms with van der Waals surface area (Å²) in [7, 11) is 3.44. The zero-order valence-corrected chi connectivity index (χ0v) is 19.4. The van der Waals surface area contributed by atoms with E-state index < -0.39 is 0 Å². The summed E-state index contributed by atoms with van der Waals surface area (Å²) in [6, 6.07) is 5.80. The van der Waals surface area contributed by atoms with E-state index >= 15 is 0 Å². The Morgan fingerprint density at radius 1 is 1.22 bits per heavy atom. The SMILES string of the molecule is CCOc1cc(NC(=NC)NCC(C)CN2CCCCC2)ccc1OC.I. The molecule has 1 aliphatic rings. The molecule has 6 nitrogen and oxygen atoms in total. The van der Waals surface area contributed by atoms with Crippen molar-refractivity contribution in [3.05, 3.63) is 18.2 Å². The van der Waals surface area contributed by atoms with Crippen molar-refractivity contribution >= 4 is 35.6 Å². The number of ether oxygens (including phenoxy) is 2. The fourth-order valence-electron chi connectivity index (χ4n) is 3.26. The number of likely N-dealkylation sites (tertiary alicyclic amines) is 1. The minimum absolute atomic E-state index is 0. The van der Waals surface area contributed by atoms with Crippen LogP contribution in [0, 0.1) is 5.92 Å². The largest absolute Gasteiger partial charge is 0.493 e. The first-order valence-corrected chi connectivity index (χ1v) is 9.67. The van der Waals surface area contributed by atoms with E-state index in [2.05, 4.69) is 27.4 Å².